The van der Waals surface area contributed by atoms with Crippen molar-refractivity contribution in [2.24, 2.45) is 5.92 Å². The quantitative estimate of drug-likeness (QED) is 0.326. The number of rotatable bonds is 8. The van der Waals surface area contributed by atoms with E-state index in [4.69, 9.17) is 14.2 Å². The van der Waals surface area contributed by atoms with Crippen molar-refractivity contribution in [1.29, 1.82) is 0 Å². The third kappa shape index (κ3) is 4.57. The van der Waals surface area contributed by atoms with Crippen molar-refractivity contribution >= 4 is 17.5 Å². The molecule has 0 aromatic heterocycles. The number of ketones is 2. The van der Waals surface area contributed by atoms with E-state index in [1.165, 1.54) is 0 Å². The molecule has 0 N–H and O–H groups in total. The Labute approximate surface area is 205 Å². The second-order valence-electron chi connectivity index (χ2n) is 9.62. The molecule has 2 saturated heterocycles. The van der Waals surface area contributed by atoms with Gasteiger partial charge in [0.15, 0.2) is 5.78 Å². The van der Waals surface area contributed by atoms with Gasteiger partial charge in [0, 0.05) is 25.1 Å². The number of Topliss-reactive ketones (excluding diaryl/α,β-unsaturated/α-hetero) is 2. The van der Waals surface area contributed by atoms with Crippen LogP contribution < -0.4 is 9.47 Å². The lowest BCUT2D eigenvalue weighted by Crippen LogP contribution is -2.37. The van der Waals surface area contributed by atoms with Gasteiger partial charge < -0.3 is 19.1 Å². The smallest absolute Gasteiger partial charge is 0.291 e. The lowest BCUT2D eigenvalue weighted by atomic mass is 9.85. The average molecular weight is 478 g/mol. The first-order valence-corrected chi connectivity index (χ1v) is 12.5. The summed E-state index contributed by atoms with van der Waals surface area (Å²) in [5, 5.41) is 0. The lowest BCUT2D eigenvalue weighted by molar-refractivity contribution is -0.141. The summed E-state index contributed by atoms with van der Waals surface area (Å²) in [6, 6.07) is 12.0. The van der Waals surface area contributed by atoms with Crippen LogP contribution in [0.3, 0.4) is 0 Å². The molecule has 0 bridgehead atoms. The van der Waals surface area contributed by atoms with E-state index < -0.39 is 23.7 Å². The molecule has 0 saturated carbocycles. The summed E-state index contributed by atoms with van der Waals surface area (Å²) in [6.45, 7) is 5.56. The highest BCUT2D eigenvalue weighted by atomic mass is 16.5. The molecule has 3 aliphatic heterocycles. The molecular formula is C28H31NO6. The highest BCUT2D eigenvalue weighted by Crippen LogP contribution is 2.40. The number of amides is 1. The number of hydrogen-bond acceptors (Lipinski definition) is 6. The molecule has 1 amide bonds. The fourth-order valence-corrected chi connectivity index (χ4v) is 5.30. The Bertz CT molecular complexity index is 1120. The van der Waals surface area contributed by atoms with Gasteiger partial charge in [-0.3, -0.25) is 14.4 Å². The zero-order chi connectivity index (χ0) is 24.5. The number of benzene rings is 2. The molecule has 2 aromatic rings. The van der Waals surface area contributed by atoms with Crippen LogP contribution in [0.4, 0.5) is 0 Å². The van der Waals surface area contributed by atoms with Crippen LogP contribution >= 0.6 is 0 Å². The van der Waals surface area contributed by atoms with Crippen LogP contribution in [0.1, 0.15) is 60.6 Å². The maximum atomic E-state index is 13.8. The summed E-state index contributed by atoms with van der Waals surface area (Å²) < 4.78 is 17.2. The second-order valence-corrected chi connectivity index (χ2v) is 9.62. The fourth-order valence-electron chi connectivity index (χ4n) is 5.30. The zero-order valence-corrected chi connectivity index (χ0v) is 20.2. The van der Waals surface area contributed by atoms with E-state index >= 15 is 0 Å². The molecule has 0 radical (unpaired) electrons. The van der Waals surface area contributed by atoms with Gasteiger partial charge in [-0.25, -0.2) is 0 Å². The van der Waals surface area contributed by atoms with Crippen LogP contribution in [0.15, 0.2) is 42.5 Å². The highest BCUT2D eigenvalue weighted by Gasteiger charge is 2.52. The monoisotopic (exact) mass is 477 g/mol. The van der Waals surface area contributed by atoms with E-state index in [0.717, 1.165) is 36.1 Å². The topological polar surface area (TPSA) is 82.1 Å². The van der Waals surface area contributed by atoms with E-state index in [1.54, 1.807) is 23.1 Å². The first-order chi connectivity index (χ1) is 17.0. The zero-order valence-electron chi connectivity index (χ0n) is 20.2. The fraction of sp³-hybridized carbons (Fsp3) is 0.464. The summed E-state index contributed by atoms with van der Waals surface area (Å²) in [6.07, 6.45) is 3.27. The minimum Gasteiger partial charge on any atom is -0.494 e. The molecule has 7 nitrogen and oxygen atoms in total. The number of hydrogen-bond donors (Lipinski definition) is 0. The number of carbonyl (C=O) groups excluding carboxylic acids is 3. The van der Waals surface area contributed by atoms with Gasteiger partial charge >= 0.3 is 0 Å². The Morgan fingerprint density at radius 2 is 1.94 bits per heavy atom. The van der Waals surface area contributed by atoms with Gasteiger partial charge in [-0.05, 0) is 67.6 Å². The number of fused-ring (bicyclic) bond motifs is 1. The van der Waals surface area contributed by atoms with Crippen molar-refractivity contribution in [2.45, 2.75) is 57.8 Å². The highest BCUT2D eigenvalue weighted by molar-refractivity contribution is 6.44. The molecule has 4 atom stereocenters. The predicted molar refractivity (Wildman–Crippen MR) is 129 cm³/mol. The summed E-state index contributed by atoms with van der Waals surface area (Å²) in [4.78, 5) is 41.8. The number of nitrogens with zero attached hydrogens (tertiary/aromatic N) is 1. The Morgan fingerprint density at radius 3 is 2.66 bits per heavy atom. The van der Waals surface area contributed by atoms with E-state index in [2.05, 4.69) is 0 Å². The van der Waals surface area contributed by atoms with Crippen LogP contribution in [0.5, 0.6) is 11.5 Å². The van der Waals surface area contributed by atoms with E-state index in [1.807, 2.05) is 38.1 Å². The first kappa shape index (κ1) is 23.5. The molecule has 184 valence electrons. The minimum absolute atomic E-state index is 0.0492. The Morgan fingerprint density at radius 1 is 1.14 bits per heavy atom. The standard InChI is InChI=1S/C28H31NO6/c1-3-12-33-21-9-6-18(7-10-21)25-24(27(31)28(32)29(25)16-22-5-4-13-34-22)26(30)19-8-11-23-20(15-19)14-17(2)35-23/h6-11,15,17,22,24-25H,3-5,12-14,16H2,1-2H3. The lowest BCUT2D eigenvalue weighted by Gasteiger charge is -2.29. The van der Waals surface area contributed by atoms with Crippen LogP contribution in [-0.2, 0) is 20.7 Å². The van der Waals surface area contributed by atoms with Crippen molar-refractivity contribution in [3.8, 4) is 11.5 Å². The van der Waals surface area contributed by atoms with Crippen molar-refractivity contribution < 1.29 is 28.6 Å². The summed E-state index contributed by atoms with van der Waals surface area (Å²) in [5.41, 5.74) is 2.12. The predicted octanol–water partition coefficient (Wildman–Crippen LogP) is 3.93. The second kappa shape index (κ2) is 9.82. The Kier molecular flexibility index (Phi) is 6.60. The number of likely N-dealkylation sites (tertiary alicyclic amines) is 1. The first-order valence-electron chi connectivity index (χ1n) is 12.5. The van der Waals surface area contributed by atoms with Crippen LogP contribution in [0, 0.1) is 5.92 Å². The van der Waals surface area contributed by atoms with Crippen LogP contribution in [-0.4, -0.2) is 54.3 Å². The molecule has 0 spiro atoms. The van der Waals surface area contributed by atoms with Crippen molar-refractivity contribution in [3.05, 3.63) is 59.2 Å². The van der Waals surface area contributed by atoms with E-state index in [0.29, 0.717) is 37.5 Å². The Hall–Kier alpha value is -3.19. The maximum absolute atomic E-state index is 13.8. The molecule has 2 fully saturated rings. The molecule has 35 heavy (non-hydrogen) atoms. The minimum atomic E-state index is -1.11. The normalized spacial score (nSPS) is 25.6. The molecular weight excluding hydrogens is 446 g/mol. The van der Waals surface area contributed by atoms with Gasteiger partial charge in [-0.15, -0.1) is 0 Å². The van der Waals surface area contributed by atoms with Crippen LogP contribution in [0.25, 0.3) is 0 Å². The molecule has 4 unspecified atom stereocenters. The number of carbonyl (C=O) groups is 3. The van der Waals surface area contributed by atoms with Gasteiger partial charge in [-0.1, -0.05) is 19.1 Å². The van der Waals surface area contributed by atoms with Gasteiger partial charge in [0.25, 0.3) is 5.91 Å². The van der Waals surface area contributed by atoms with Crippen LogP contribution in [0.2, 0.25) is 0 Å². The summed E-state index contributed by atoms with van der Waals surface area (Å²) in [7, 11) is 0. The summed E-state index contributed by atoms with van der Waals surface area (Å²) >= 11 is 0. The molecule has 5 rings (SSSR count). The van der Waals surface area contributed by atoms with Gasteiger partial charge in [0.1, 0.15) is 23.5 Å². The van der Waals surface area contributed by atoms with Crippen molar-refractivity contribution in [3.63, 3.8) is 0 Å². The van der Waals surface area contributed by atoms with Gasteiger partial charge in [-0.2, -0.15) is 0 Å². The summed E-state index contributed by atoms with van der Waals surface area (Å²) in [5.74, 6) is -1.24. The third-order valence-electron chi connectivity index (χ3n) is 6.99. The van der Waals surface area contributed by atoms with Crippen molar-refractivity contribution in [1.82, 2.24) is 4.90 Å². The maximum Gasteiger partial charge on any atom is 0.291 e. The van der Waals surface area contributed by atoms with Gasteiger partial charge in [0.2, 0.25) is 5.78 Å². The molecule has 3 heterocycles. The molecule has 0 aliphatic carbocycles. The van der Waals surface area contributed by atoms with Crippen molar-refractivity contribution in [2.75, 3.05) is 19.8 Å². The van der Waals surface area contributed by atoms with Gasteiger partial charge in [0.05, 0.1) is 18.8 Å². The largest absolute Gasteiger partial charge is 0.494 e. The van der Waals surface area contributed by atoms with E-state index in [-0.39, 0.29) is 18.0 Å². The average Bonchev–Trinajstić information content (AvgIpc) is 3.57. The third-order valence-corrected chi connectivity index (χ3v) is 6.99. The molecule has 3 aliphatic rings. The molecule has 2 aromatic carbocycles. The number of ether oxygens (including phenoxy) is 3. The van der Waals surface area contributed by atoms with E-state index in [9.17, 15) is 14.4 Å². The molecule has 7 heteroatoms. The SMILES string of the molecule is CCCOc1ccc(C2C(C(=O)c3ccc4c(c3)CC(C)O4)C(=O)C(=O)N2CC2CCCO2)cc1. The Balaban J connectivity index is 1.48.